The summed E-state index contributed by atoms with van der Waals surface area (Å²) in [6, 6.07) is 45.8. The SMILES string of the molecule is c1ccc2c(c1)sc1c(-c3ccc4c(c3)oc3ccc(-n5c6ccccc6c6ccccc65)cc34)cccc12. The highest BCUT2D eigenvalue weighted by Crippen LogP contribution is 2.41. The van der Waals surface area contributed by atoms with Crippen LogP contribution in [-0.2, 0) is 0 Å². The number of thiophene rings is 1. The van der Waals surface area contributed by atoms with E-state index in [2.05, 4.69) is 132 Å². The van der Waals surface area contributed by atoms with Gasteiger partial charge < -0.3 is 8.98 Å². The van der Waals surface area contributed by atoms with Crippen molar-refractivity contribution in [2.75, 3.05) is 0 Å². The zero-order valence-electron chi connectivity index (χ0n) is 20.9. The molecule has 0 fully saturated rings. The first kappa shape index (κ1) is 21.1. The number of hydrogen-bond acceptors (Lipinski definition) is 2. The van der Waals surface area contributed by atoms with Gasteiger partial charge in [0.25, 0.3) is 0 Å². The first-order chi connectivity index (χ1) is 19.3. The van der Waals surface area contributed by atoms with Crippen LogP contribution in [-0.4, -0.2) is 4.57 Å². The summed E-state index contributed by atoms with van der Waals surface area (Å²) in [5.41, 5.74) is 7.82. The highest BCUT2D eigenvalue weighted by Gasteiger charge is 2.15. The van der Waals surface area contributed by atoms with Gasteiger partial charge in [0.15, 0.2) is 0 Å². The Morgan fingerprint density at radius 1 is 0.487 bits per heavy atom. The molecule has 3 aromatic heterocycles. The molecular weight excluding hydrogens is 494 g/mol. The second-order valence-corrected chi connectivity index (χ2v) is 11.2. The molecule has 0 aliphatic rings. The Kier molecular flexibility index (Phi) is 4.24. The number of hydrogen-bond donors (Lipinski definition) is 0. The minimum absolute atomic E-state index is 0.909. The molecule has 39 heavy (non-hydrogen) atoms. The predicted molar refractivity (Wildman–Crippen MR) is 166 cm³/mol. The number of benzene rings is 6. The molecule has 9 aromatic rings. The minimum Gasteiger partial charge on any atom is -0.456 e. The number of aromatic nitrogens is 1. The smallest absolute Gasteiger partial charge is 0.136 e. The molecule has 6 aromatic carbocycles. The maximum Gasteiger partial charge on any atom is 0.136 e. The first-order valence-electron chi connectivity index (χ1n) is 13.2. The lowest BCUT2D eigenvalue weighted by Gasteiger charge is -2.08. The lowest BCUT2D eigenvalue weighted by molar-refractivity contribution is 0.669. The van der Waals surface area contributed by atoms with Crippen LogP contribution in [0.25, 0.3) is 80.7 Å². The highest BCUT2D eigenvalue weighted by molar-refractivity contribution is 7.26. The molecule has 3 heterocycles. The molecular formula is C36H21NOS. The van der Waals surface area contributed by atoms with Crippen molar-refractivity contribution in [3.8, 4) is 16.8 Å². The Bertz CT molecular complexity index is 2350. The average Bonchev–Trinajstić information content (AvgIpc) is 3.66. The number of furan rings is 1. The van der Waals surface area contributed by atoms with Crippen LogP contribution in [0.15, 0.2) is 132 Å². The molecule has 3 heteroatoms. The van der Waals surface area contributed by atoms with E-state index in [0.29, 0.717) is 0 Å². The summed E-state index contributed by atoms with van der Waals surface area (Å²) in [4.78, 5) is 0. The minimum atomic E-state index is 0.909. The maximum atomic E-state index is 6.43. The second-order valence-electron chi connectivity index (χ2n) is 10.1. The molecule has 0 radical (unpaired) electrons. The number of para-hydroxylation sites is 2. The van der Waals surface area contributed by atoms with Crippen molar-refractivity contribution >= 4 is 75.3 Å². The summed E-state index contributed by atoms with van der Waals surface area (Å²) in [6.07, 6.45) is 0. The summed E-state index contributed by atoms with van der Waals surface area (Å²) in [7, 11) is 0. The third-order valence-electron chi connectivity index (χ3n) is 8.01. The molecule has 0 aliphatic carbocycles. The fraction of sp³-hybridized carbons (Fsp3) is 0. The van der Waals surface area contributed by atoms with Crippen molar-refractivity contribution in [1.82, 2.24) is 4.57 Å². The molecule has 182 valence electrons. The summed E-state index contributed by atoms with van der Waals surface area (Å²) in [5.74, 6) is 0. The number of fused-ring (bicyclic) bond motifs is 9. The van der Waals surface area contributed by atoms with E-state index in [4.69, 9.17) is 4.42 Å². The second kappa shape index (κ2) is 7.83. The van der Waals surface area contributed by atoms with Gasteiger partial charge in [-0.05, 0) is 59.7 Å². The van der Waals surface area contributed by atoms with E-state index in [0.717, 1.165) is 27.6 Å². The molecule has 2 nitrogen and oxygen atoms in total. The quantitative estimate of drug-likeness (QED) is 0.224. The third kappa shape index (κ3) is 2.96. The van der Waals surface area contributed by atoms with Crippen molar-refractivity contribution in [2.24, 2.45) is 0 Å². The topological polar surface area (TPSA) is 18.1 Å². The summed E-state index contributed by atoms with van der Waals surface area (Å²) >= 11 is 1.86. The van der Waals surface area contributed by atoms with Crippen LogP contribution in [0.5, 0.6) is 0 Å². The van der Waals surface area contributed by atoms with Gasteiger partial charge in [-0.25, -0.2) is 0 Å². The molecule has 9 rings (SSSR count). The molecule has 0 unspecified atom stereocenters. The largest absolute Gasteiger partial charge is 0.456 e. The molecule has 0 atom stereocenters. The van der Waals surface area contributed by atoms with E-state index < -0.39 is 0 Å². The van der Waals surface area contributed by atoms with Gasteiger partial charge >= 0.3 is 0 Å². The van der Waals surface area contributed by atoms with Crippen molar-refractivity contribution in [1.29, 1.82) is 0 Å². The van der Waals surface area contributed by atoms with Gasteiger partial charge in [-0.2, -0.15) is 0 Å². The van der Waals surface area contributed by atoms with Gasteiger partial charge in [0, 0.05) is 47.4 Å². The van der Waals surface area contributed by atoms with Crippen molar-refractivity contribution in [3.05, 3.63) is 127 Å². The summed E-state index contributed by atoms with van der Waals surface area (Å²) < 4.78 is 11.4. The lowest BCUT2D eigenvalue weighted by atomic mass is 10.0. The van der Waals surface area contributed by atoms with E-state index >= 15 is 0 Å². The van der Waals surface area contributed by atoms with Crippen molar-refractivity contribution in [2.45, 2.75) is 0 Å². The zero-order chi connectivity index (χ0) is 25.5. The Labute approximate surface area is 227 Å². The van der Waals surface area contributed by atoms with Crippen LogP contribution >= 0.6 is 11.3 Å². The molecule has 0 bridgehead atoms. The Hall–Kier alpha value is -4.86. The lowest BCUT2D eigenvalue weighted by Crippen LogP contribution is -1.93. The van der Waals surface area contributed by atoms with Crippen LogP contribution in [0, 0.1) is 0 Å². The Balaban J connectivity index is 1.25. The van der Waals surface area contributed by atoms with E-state index in [-0.39, 0.29) is 0 Å². The van der Waals surface area contributed by atoms with Crippen LogP contribution in [0.1, 0.15) is 0 Å². The zero-order valence-corrected chi connectivity index (χ0v) is 21.7. The molecule has 0 aliphatic heterocycles. The van der Waals surface area contributed by atoms with E-state index in [1.54, 1.807) is 0 Å². The van der Waals surface area contributed by atoms with Gasteiger partial charge in [-0.3, -0.25) is 0 Å². The predicted octanol–water partition coefficient (Wildman–Crippen LogP) is 10.7. The standard InChI is InChI=1S/C36H21NOS/c1-4-13-31-25(8-1)26-9-2-5-14-32(26)37(31)23-17-19-33-30(21-23)27-18-16-22(20-34(27)38-33)24-11-7-12-29-28-10-3-6-15-35(28)39-36(24)29/h1-21H. The highest BCUT2D eigenvalue weighted by atomic mass is 32.1. The van der Waals surface area contributed by atoms with Gasteiger partial charge in [-0.1, -0.05) is 78.9 Å². The average molecular weight is 516 g/mol. The van der Waals surface area contributed by atoms with Crippen LogP contribution in [0.2, 0.25) is 0 Å². The molecule has 0 saturated carbocycles. The molecule has 0 saturated heterocycles. The molecule has 0 N–H and O–H groups in total. The maximum absolute atomic E-state index is 6.43. The molecule has 0 spiro atoms. The number of nitrogens with zero attached hydrogens (tertiary/aromatic N) is 1. The summed E-state index contributed by atoms with van der Waals surface area (Å²) in [6.45, 7) is 0. The van der Waals surface area contributed by atoms with Gasteiger partial charge in [0.05, 0.1) is 11.0 Å². The normalized spacial score (nSPS) is 12.1. The van der Waals surface area contributed by atoms with Gasteiger partial charge in [0.2, 0.25) is 0 Å². The van der Waals surface area contributed by atoms with Crippen molar-refractivity contribution < 1.29 is 4.42 Å². The van der Waals surface area contributed by atoms with Crippen LogP contribution in [0.4, 0.5) is 0 Å². The Morgan fingerprint density at radius 2 is 1.21 bits per heavy atom. The number of rotatable bonds is 2. The Morgan fingerprint density at radius 3 is 2.03 bits per heavy atom. The molecule has 0 amide bonds. The third-order valence-corrected chi connectivity index (χ3v) is 9.23. The van der Waals surface area contributed by atoms with Gasteiger partial charge in [-0.15, -0.1) is 11.3 Å². The van der Waals surface area contributed by atoms with Crippen LogP contribution < -0.4 is 0 Å². The van der Waals surface area contributed by atoms with Gasteiger partial charge in [0.1, 0.15) is 11.2 Å². The first-order valence-corrected chi connectivity index (χ1v) is 14.0. The fourth-order valence-corrected chi connectivity index (χ4v) is 7.49. The van der Waals surface area contributed by atoms with E-state index in [1.807, 2.05) is 11.3 Å². The monoisotopic (exact) mass is 515 g/mol. The van der Waals surface area contributed by atoms with E-state index in [9.17, 15) is 0 Å². The summed E-state index contributed by atoms with van der Waals surface area (Å²) in [5, 5.41) is 7.45. The fourth-order valence-electron chi connectivity index (χ4n) is 6.25. The van der Waals surface area contributed by atoms with Crippen LogP contribution in [0.3, 0.4) is 0 Å². The van der Waals surface area contributed by atoms with E-state index in [1.165, 1.54) is 53.1 Å². The van der Waals surface area contributed by atoms with Crippen molar-refractivity contribution in [3.63, 3.8) is 0 Å².